The average molecular weight is 366 g/mol. The number of morpholine rings is 1. The summed E-state index contributed by atoms with van der Waals surface area (Å²) in [5, 5.41) is 6.17. The van der Waals surface area contributed by atoms with Gasteiger partial charge in [-0.3, -0.25) is 0 Å². The number of aromatic nitrogens is 1. The van der Waals surface area contributed by atoms with E-state index in [1.54, 1.807) is 0 Å². The zero-order valence-corrected chi connectivity index (χ0v) is 15.7. The standard InChI is InChI=1S/C21H26N4O2/c1-16-18(8-9-19(22-16)25-12-14-27-15-13-25)23-20(26)24-21(10-5-11-21)17-6-3-2-4-7-17/h2-4,6-9H,5,10-15H2,1H3,(H2,23,24,26). The number of urea groups is 1. The summed E-state index contributed by atoms with van der Waals surface area (Å²) in [7, 11) is 0. The number of carbonyl (C=O) groups is 1. The highest BCUT2D eigenvalue weighted by atomic mass is 16.5. The van der Waals surface area contributed by atoms with Crippen LogP contribution in [0.1, 0.15) is 30.5 Å². The van der Waals surface area contributed by atoms with E-state index in [1.165, 1.54) is 5.56 Å². The van der Waals surface area contributed by atoms with Gasteiger partial charge < -0.3 is 20.3 Å². The lowest BCUT2D eigenvalue weighted by atomic mass is 9.72. The summed E-state index contributed by atoms with van der Waals surface area (Å²) < 4.78 is 5.39. The number of ether oxygens (including phenoxy) is 1. The fraction of sp³-hybridized carbons (Fsp3) is 0.429. The van der Waals surface area contributed by atoms with E-state index in [9.17, 15) is 4.79 Å². The molecular formula is C21H26N4O2. The monoisotopic (exact) mass is 366 g/mol. The van der Waals surface area contributed by atoms with Crippen molar-refractivity contribution >= 4 is 17.5 Å². The van der Waals surface area contributed by atoms with Gasteiger partial charge in [0.05, 0.1) is 30.1 Å². The molecule has 2 aromatic rings. The highest BCUT2D eigenvalue weighted by molar-refractivity contribution is 5.90. The molecule has 2 N–H and O–H groups in total. The van der Waals surface area contributed by atoms with Crippen LogP contribution in [0.15, 0.2) is 42.5 Å². The van der Waals surface area contributed by atoms with Crippen molar-refractivity contribution in [2.24, 2.45) is 0 Å². The van der Waals surface area contributed by atoms with Crippen LogP contribution in [0.3, 0.4) is 0 Å². The normalized spacial score (nSPS) is 18.5. The Hall–Kier alpha value is -2.60. The largest absolute Gasteiger partial charge is 0.378 e. The van der Waals surface area contributed by atoms with Crippen LogP contribution < -0.4 is 15.5 Å². The van der Waals surface area contributed by atoms with Crippen LogP contribution in [0, 0.1) is 6.92 Å². The molecule has 0 unspecified atom stereocenters. The van der Waals surface area contributed by atoms with Crippen molar-refractivity contribution in [1.82, 2.24) is 10.3 Å². The maximum absolute atomic E-state index is 12.7. The molecule has 1 saturated carbocycles. The van der Waals surface area contributed by atoms with Crippen LogP contribution in [-0.2, 0) is 10.3 Å². The third-order valence-corrected chi connectivity index (χ3v) is 5.54. The first-order valence-electron chi connectivity index (χ1n) is 9.61. The minimum Gasteiger partial charge on any atom is -0.378 e. The summed E-state index contributed by atoms with van der Waals surface area (Å²) in [6.45, 7) is 5.07. The molecule has 1 saturated heterocycles. The summed E-state index contributed by atoms with van der Waals surface area (Å²) in [5.74, 6) is 0.932. The van der Waals surface area contributed by atoms with Crippen molar-refractivity contribution in [2.75, 3.05) is 36.5 Å². The number of carbonyl (C=O) groups excluding carboxylic acids is 1. The van der Waals surface area contributed by atoms with Crippen molar-refractivity contribution in [1.29, 1.82) is 0 Å². The maximum Gasteiger partial charge on any atom is 0.319 e. The number of benzene rings is 1. The molecule has 2 heterocycles. The van der Waals surface area contributed by atoms with Crippen molar-refractivity contribution in [3.8, 4) is 0 Å². The zero-order valence-electron chi connectivity index (χ0n) is 15.7. The van der Waals surface area contributed by atoms with E-state index < -0.39 is 0 Å². The second kappa shape index (κ2) is 7.56. The lowest BCUT2D eigenvalue weighted by Gasteiger charge is -2.43. The van der Waals surface area contributed by atoms with E-state index in [1.807, 2.05) is 37.3 Å². The van der Waals surface area contributed by atoms with Gasteiger partial charge in [-0.15, -0.1) is 0 Å². The van der Waals surface area contributed by atoms with Crippen LogP contribution in [0.25, 0.3) is 0 Å². The molecule has 6 heteroatoms. The molecule has 2 aliphatic rings. The molecule has 0 bridgehead atoms. The van der Waals surface area contributed by atoms with Crippen molar-refractivity contribution in [2.45, 2.75) is 31.7 Å². The molecule has 0 spiro atoms. The van der Waals surface area contributed by atoms with Gasteiger partial charge in [0.15, 0.2) is 0 Å². The highest BCUT2D eigenvalue weighted by Crippen LogP contribution is 2.41. The van der Waals surface area contributed by atoms with Gasteiger partial charge in [0, 0.05) is 13.1 Å². The number of hydrogen-bond donors (Lipinski definition) is 2. The van der Waals surface area contributed by atoms with Crippen molar-refractivity contribution < 1.29 is 9.53 Å². The van der Waals surface area contributed by atoms with Gasteiger partial charge >= 0.3 is 6.03 Å². The predicted octanol–water partition coefficient (Wildman–Crippen LogP) is 3.43. The van der Waals surface area contributed by atoms with Gasteiger partial charge in [0.1, 0.15) is 5.82 Å². The minimum absolute atomic E-state index is 0.178. The van der Waals surface area contributed by atoms with Gasteiger partial charge in [-0.2, -0.15) is 0 Å². The van der Waals surface area contributed by atoms with E-state index >= 15 is 0 Å². The molecule has 0 atom stereocenters. The molecule has 1 aliphatic heterocycles. The van der Waals surface area contributed by atoms with Gasteiger partial charge in [-0.05, 0) is 43.9 Å². The number of nitrogens with one attached hydrogen (secondary N) is 2. The molecule has 0 radical (unpaired) electrons. The molecule has 1 aromatic carbocycles. The number of pyridine rings is 1. The Morgan fingerprint density at radius 3 is 2.48 bits per heavy atom. The second-order valence-corrected chi connectivity index (χ2v) is 7.28. The number of nitrogens with zero attached hydrogens (tertiary/aromatic N) is 2. The zero-order chi connectivity index (χ0) is 18.7. The summed E-state index contributed by atoms with van der Waals surface area (Å²) in [6.07, 6.45) is 3.07. The fourth-order valence-corrected chi connectivity index (χ4v) is 3.79. The van der Waals surface area contributed by atoms with Gasteiger partial charge in [0.2, 0.25) is 0 Å². The van der Waals surface area contributed by atoms with E-state index in [2.05, 4.69) is 32.7 Å². The molecule has 1 aliphatic carbocycles. The second-order valence-electron chi connectivity index (χ2n) is 7.28. The molecule has 2 fully saturated rings. The molecule has 4 rings (SSSR count). The first-order chi connectivity index (χ1) is 13.2. The summed E-state index contributed by atoms with van der Waals surface area (Å²) in [4.78, 5) is 19.5. The smallest absolute Gasteiger partial charge is 0.319 e. The van der Waals surface area contributed by atoms with Crippen LogP contribution in [0.2, 0.25) is 0 Å². The third-order valence-electron chi connectivity index (χ3n) is 5.54. The van der Waals surface area contributed by atoms with Crippen LogP contribution in [0.4, 0.5) is 16.3 Å². The number of aryl methyl sites for hydroxylation is 1. The molecular weight excluding hydrogens is 340 g/mol. The van der Waals surface area contributed by atoms with Gasteiger partial charge in [-0.25, -0.2) is 9.78 Å². The number of hydrogen-bond acceptors (Lipinski definition) is 4. The first-order valence-corrected chi connectivity index (χ1v) is 9.61. The fourth-order valence-electron chi connectivity index (χ4n) is 3.79. The molecule has 6 nitrogen and oxygen atoms in total. The Morgan fingerprint density at radius 2 is 1.85 bits per heavy atom. The molecule has 2 amide bonds. The lowest BCUT2D eigenvalue weighted by Crippen LogP contribution is -2.52. The lowest BCUT2D eigenvalue weighted by molar-refractivity contribution is 0.122. The SMILES string of the molecule is Cc1nc(N2CCOCC2)ccc1NC(=O)NC1(c2ccccc2)CCC1. The Morgan fingerprint density at radius 1 is 1.11 bits per heavy atom. The van der Waals surface area contributed by atoms with E-state index in [0.29, 0.717) is 0 Å². The minimum atomic E-state index is -0.250. The number of rotatable bonds is 4. The predicted molar refractivity (Wildman–Crippen MR) is 106 cm³/mol. The maximum atomic E-state index is 12.7. The number of anilines is 2. The Kier molecular flexibility index (Phi) is 4.99. The van der Waals surface area contributed by atoms with Crippen LogP contribution in [-0.4, -0.2) is 37.3 Å². The Balaban J connectivity index is 1.43. The average Bonchev–Trinajstić information content (AvgIpc) is 2.68. The summed E-state index contributed by atoms with van der Waals surface area (Å²) in [6, 6.07) is 13.9. The van der Waals surface area contributed by atoms with E-state index in [4.69, 9.17) is 4.74 Å². The van der Waals surface area contributed by atoms with E-state index in [0.717, 1.165) is 62.8 Å². The topological polar surface area (TPSA) is 66.5 Å². The first kappa shape index (κ1) is 17.8. The van der Waals surface area contributed by atoms with E-state index in [-0.39, 0.29) is 11.6 Å². The van der Waals surface area contributed by atoms with Gasteiger partial charge in [-0.1, -0.05) is 30.3 Å². The summed E-state index contributed by atoms with van der Waals surface area (Å²) in [5.41, 5.74) is 2.48. The van der Waals surface area contributed by atoms with Crippen molar-refractivity contribution in [3.05, 3.63) is 53.7 Å². The molecule has 1 aromatic heterocycles. The summed E-state index contributed by atoms with van der Waals surface area (Å²) >= 11 is 0. The third kappa shape index (κ3) is 3.76. The Bertz CT molecular complexity index is 799. The highest BCUT2D eigenvalue weighted by Gasteiger charge is 2.40. The van der Waals surface area contributed by atoms with Crippen LogP contribution in [0.5, 0.6) is 0 Å². The number of amides is 2. The molecule has 27 heavy (non-hydrogen) atoms. The van der Waals surface area contributed by atoms with Crippen molar-refractivity contribution in [3.63, 3.8) is 0 Å². The Labute approximate surface area is 159 Å². The quantitative estimate of drug-likeness (QED) is 0.870. The van der Waals surface area contributed by atoms with Crippen LogP contribution >= 0.6 is 0 Å². The van der Waals surface area contributed by atoms with Gasteiger partial charge in [0.25, 0.3) is 0 Å². The molecule has 142 valence electrons.